The van der Waals surface area contributed by atoms with E-state index in [2.05, 4.69) is 10.6 Å². The van der Waals surface area contributed by atoms with Crippen LogP contribution in [0.4, 0.5) is 4.79 Å². The van der Waals surface area contributed by atoms with E-state index in [1.807, 2.05) is 75.4 Å². The third kappa shape index (κ3) is 7.83. The van der Waals surface area contributed by atoms with Gasteiger partial charge in [0, 0.05) is 18.5 Å². The van der Waals surface area contributed by atoms with E-state index in [1.54, 1.807) is 25.7 Å². The molecule has 0 radical (unpaired) electrons. The van der Waals surface area contributed by atoms with Crippen molar-refractivity contribution in [3.05, 3.63) is 71.3 Å². The van der Waals surface area contributed by atoms with Crippen LogP contribution in [0.3, 0.4) is 0 Å². The summed E-state index contributed by atoms with van der Waals surface area (Å²) in [4.78, 5) is 42.1. The number of aryl methyl sites for hydroxylation is 1. The molecular formula is C29H39N3O4. The third-order valence-electron chi connectivity index (χ3n) is 5.82. The first kappa shape index (κ1) is 27.2. The molecule has 7 nitrogen and oxygen atoms in total. The quantitative estimate of drug-likeness (QED) is 0.531. The number of nitrogens with zero attached hydrogens (tertiary/aromatic N) is 1. The highest BCUT2D eigenvalue weighted by molar-refractivity contribution is 5.92. The highest BCUT2D eigenvalue weighted by Gasteiger charge is 2.44. The van der Waals surface area contributed by atoms with Crippen LogP contribution in [0.15, 0.2) is 54.6 Å². The summed E-state index contributed by atoms with van der Waals surface area (Å²) in [6.07, 6.45) is 1.25. The first-order chi connectivity index (χ1) is 16.9. The molecule has 2 unspecified atom stereocenters. The Bertz CT molecular complexity index is 1040. The molecule has 1 aliphatic carbocycles. The molecule has 194 valence electrons. The van der Waals surface area contributed by atoms with Gasteiger partial charge in [-0.2, -0.15) is 0 Å². The van der Waals surface area contributed by atoms with Crippen molar-refractivity contribution < 1.29 is 19.1 Å². The van der Waals surface area contributed by atoms with E-state index < -0.39 is 23.8 Å². The normalized spacial score (nSPS) is 15.1. The molecule has 0 aliphatic heterocycles. The number of hydrogen-bond acceptors (Lipinski definition) is 4. The van der Waals surface area contributed by atoms with Gasteiger partial charge in [-0.3, -0.25) is 9.59 Å². The molecule has 7 heteroatoms. The summed E-state index contributed by atoms with van der Waals surface area (Å²) >= 11 is 0. The predicted octanol–water partition coefficient (Wildman–Crippen LogP) is 4.69. The zero-order chi connectivity index (χ0) is 26.5. The molecule has 1 fully saturated rings. The second-order valence-electron chi connectivity index (χ2n) is 10.8. The van der Waals surface area contributed by atoms with Gasteiger partial charge in [-0.25, -0.2) is 4.79 Å². The minimum atomic E-state index is -0.886. The van der Waals surface area contributed by atoms with Crippen LogP contribution < -0.4 is 10.6 Å². The summed E-state index contributed by atoms with van der Waals surface area (Å²) in [7, 11) is 0. The second kappa shape index (κ2) is 11.6. The van der Waals surface area contributed by atoms with Crippen LogP contribution in [0, 0.1) is 6.92 Å². The van der Waals surface area contributed by atoms with Crippen LogP contribution in [-0.2, 0) is 20.7 Å². The van der Waals surface area contributed by atoms with Crippen LogP contribution >= 0.6 is 0 Å². The lowest BCUT2D eigenvalue weighted by atomic mass is 9.99. The Labute approximate surface area is 214 Å². The number of carbonyl (C=O) groups is 3. The minimum absolute atomic E-state index is 0.0691. The van der Waals surface area contributed by atoms with Gasteiger partial charge in [0.2, 0.25) is 11.8 Å². The Balaban J connectivity index is 1.98. The van der Waals surface area contributed by atoms with Crippen molar-refractivity contribution >= 4 is 17.9 Å². The fourth-order valence-corrected chi connectivity index (χ4v) is 4.10. The number of rotatable bonds is 9. The fraction of sp³-hybridized carbons (Fsp3) is 0.483. The molecule has 2 atom stereocenters. The largest absolute Gasteiger partial charge is 0.444 e. The van der Waals surface area contributed by atoms with Gasteiger partial charge in [0.05, 0.1) is 0 Å². The maximum Gasteiger partial charge on any atom is 0.408 e. The lowest BCUT2D eigenvalue weighted by molar-refractivity contribution is -0.143. The monoisotopic (exact) mass is 493 g/mol. The first-order valence-electron chi connectivity index (χ1n) is 12.7. The number of benzene rings is 2. The Morgan fingerprint density at radius 2 is 1.58 bits per heavy atom. The van der Waals surface area contributed by atoms with Crippen LogP contribution in [0.2, 0.25) is 0 Å². The lowest BCUT2D eigenvalue weighted by Gasteiger charge is -2.35. The van der Waals surface area contributed by atoms with Gasteiger partial charge in [-0.05, 0) is 65.5 Å². The Kier molecular flexibility index (Phi) is 8.77. The topological polar surface area (TPSA) is 87.7 Å². The van der Waals surface area contributed by atoms with E-state index in [0.717, 1.165) is 29.5 Å². The van der Waals surface area contributed by atoms with E-state index in [4.69, 9.17) is 4.74 Å². The predicted molar refractivity (Wildman–Crippen MR) is 140 cm³/mol. The van der Waals surface area contributed by atoms with E-state index in [9.17, 15) is 14.4 Å². The Morgan fingerprint density at radius 1 is 0.972 bits per heavy atom. The standard InChI is InChI=1S/C29H39N3O4/c1-19(2)30-26(33)25(22-14-12-20(3)13-15-22)32(23-16-17-23)27(34)24(18-21-10-8-7-9-11-21)31-28(35)36-29(4,5)6/h7-15,19,23-25H,16-18H2,1-6H3,(H,30,33)(H,31,35). The van der Waals surface area contributed by atoms with Crippen molar-refractivity contribution in [1.82, 2.24) is 15.5 Å². The molecule has 0 aromatic heterocycles. The van der Waals surface area contributed by atoms with E-state index >= 15 is 0 Å². The average Bonchev–Trinajstić information content (AvgIpc) is 3.61. The summed E-state index contributed by atoms with van der Waals surface area (Å²) in [5, 5.41) is 5.79. The molecule has 36 heavy (non-hydrogen) atoms. The molecule has 2 N–H and O–H groups in total. The summed E-state index contributed by atoms with van der Waals surface area (Å²) in [5.41, 5.74) is 2.01. The van der Waals surface area contributed by atoms with Gasteiger partial charge >= 0.3 is 6.09 Å². The fourth-order valence-electron chi connectivity index (χ4n) is 4.10. The Morgan fingerprint density at radius 3 is 2.11 bits per heavy atom. The van der Waals surface area contributed by atoms with Gasteiger partial charge < -0.3 is 20.3 Å². The van der Waals surface area contributed by atoms with Gasteiger partial charge in [0.1, 0.15) is 17.7 Å². The molecule has 1 aliphatic rings. The SMILES string of the molecule is Cc1ccc(C(C(=O)NC(C)C)N(C(=O)C(Cc2ccccc2)NC(=O)OC(C)(C)C)C2CC2)cc1. The summed E-state index contributed by atoms with van der Waals surface area (Å²) in [6.45, 7) is 11.1. The number of nitrogens with one attached hydrogen (secondary N) is 2. The van der Waals surface area contributed by atoms with Gasteiger partial charge in [0.15, 0.2) is 0 Å². The van der Waals surface area contributed by atoms with Crippen molar-refractivity contribution in [3.8, 4) is 0 Å². The number of carbonyl (C=O) groups excluding carboxylic acids is 3. The minimum Gasteiger partial charge on any atom is -0.444 e. The third-order valence-corrected chi connectivity index (χ3v) is 5.82. The highest BCUT2D eigenvalue weighted by Crippen LogP contribution is 2.36. The number of alkyl carbamates (subject to hydrolysis) is 1. The van der Waals surface area contributed by atoms with Crippen LogP contribution in [0.5, 0.6) is 0 Å². The molecule has 2 aromatic carbocycles. The van der Waals surface area contributed by atoms with Crippen molar-refractivity contribution in [2.24, 2.45) is 0 Å². The zero-order valence-corrected chi connectivity index (χ0v) is 22.2. The van der Waals surface area contributed by atoms with E-state index in [1.165, 1.54) is 0 Å². The second-order valence-corrected chi connectivity index (χ2v) is 10.8. The van der Waals surface area contributed by atoms with Gasteiger partial charge in [-0.15, -0.1) is 0 Å². The number of amides is 3. The molecule has 1 saturated carbocycles. The summed E-state index contributed by atoms with van der Waals surface area (Å²) in [5.74, 6) is -0.526. The molecule has 0 heterocycles. The van der Waals surface area contributed by atoms with Crippen LogP contribution in [0.25, 0.3) is 0 Å². The molecule has 3 amide bonds. The zero-order valence-electron chi connectivity index (χ0n) is 22.2. The molecule has 2 aromatic rings. The number of ether oxygens (including phenoxy) is 1. The van der Waals surface area contributed by atoms with Crippen molar-refractivity contribution in [2.75, 3.05) is 0 Å². The lowest BCUT2D eigenvalue weighted by Crippen LogP contribution is -2.55. The van der Waals surface area contributed by atoms with Crippen molar-refractivity contribution in [2.45, 2.75) is 90.6 Å². The van der Waals surface area contributed by atoms with Crippen molar-refractivity contribution in [3.63, 3.8) is 0 Å². The first-order valence-corrected chi connectivity index (χ1v) is 12.7. The maximum absolute atomic E-state index is 14.2. The molecule has 0 spiro atoms. The van der Waals surface area contributed by atoms with E-state index in [0.29, 0.717) is 0 Å². The average molecular weight is 494 g/mol. The molecule has 0 bridgehead atoms. The number of hydrogen-bond donors (Lipinski definition) is 2. The van der Waals surface area contributed by atoms with Crippen LogP contribution in [0.1, 0.15) is 70.2 Å². The van der Waals surface area contributed by atoms with Crippen molar-refractivity contribution in [1.29, 1.82) is 0 Å². The Hall–Kier alpha value is -3.35. The molecular weight excluding hydrogens is 454 g/mol. The van der Waals surface area contributed by atoms with Gasteiger partial charge in [0.25, 0.3) is 0 Å². The smallest absolute Gasteiger partial charge is 0.408 e. The van der Waals surface area contributed by atoms with E-state index in [-0.39, 0.29) is 30.3 Å². The van der Waals surface area contributed by atoms with Gasteiger partial charge in [-0.1, -0.05) is 60.2 Å². The summed E-state index contributed by atoms with van der Waals surface area (Å²) < 4.78 is 5.47. The molecule has 0 saturated heterocycles. The summed E-state index contributed by atoms with van der Waals surface area (Å²) in [6, 6.07) is 15.4. The highest BCUT2D eigenvalue weighted by atomic mass is 16.6. The maximum atomic E-state index is 14.2. The van der Waals surface area contributed by atoms with Crippen LogP contribution in [-0.4, -0.2) is 46.5 Å². The molecule has 3 rings (SSSR count).